The maximum Gasteiger partial charge on any atom is 0.315 e. The normalized spacial score (nSPS) is 10.6. The van der Waals surface area contributed by atoms with Gasteiger partial charge >= 0.3 is 5.69 Å². The minimum atomic E-state index is -0.708. The van der Waals surface area contributed by atoms with Gasteiger partial charge in [0.15, 0.2) is 11.5 Å². The van der Waals surface area contributed by atoms with Gasteiger partial charge in [0.2, 0.25) is 5.75 Å². The molecule has 0 fully saturated rings. The van der Waals surface area contributed by atoms with Crippen LogP contribution in [-0.4, -0.2) is 29.5 Å². The maximum absolute atomic E-state index is 12.2. The molecule has 0 heterocycles. The highest BCUT2D eigenvalue weighted by Gasteiger charge is 2.19. The van der Waals surface area contributed by atoms with E-state index >= 15 is 0 Å². The lowest BCUT2D eigenvalue weighted by molar-refractivity contribution is -0.386. The molecule has 1 N–H and O–H groups in total. The largest absolute Gasteiger partial charge is 0.500 e. The average Bonchev–Trinajstić information content (AvgIpc) is 2.61. The number of rotatable bonds is 7. The molecule has 2 rings (SSSR count). The van der Waals surface area contributed by atoms with Gasteiger partial charge in [0.25, 0.3) is 0 Å². The number of phenolic OH excluding ortho intramolecular Hbond substituents is 1. The molecule has 0 saturated carbocycles. The first-order valence-corrected chi connectivity index (χ1v) is 7.47. The number of carbonyl (C=O) groups excluding carboxylic acids is 1. The van der Waals surface area contributed by atoms with Gasteiger partial charge in [-0.3, -0.25) is 14.9 Å². The summed E-state index contributed by atoms with van der Waals surface area (Å²) in [6.45, 7) is 1.93. The van der Waals surface area contributed by atoms with E-state index in [9.17, 15) is 20.0 Å². The van der Waals surface area contributed by atoms with Gasteiger partial charge in [0.1, 0.15) is 5.75 Å². The van der Waals surface area contributed by atoms with E-state index in [4.69, 9.17) is 9.47 Å². The molecule has 130 valence electrons. The average molecular weight is 343 g/mol. The molecule has 0 saturated heterocycles. The number of methoxy groups -OCH3 is 1. The van der Waals surface area contributed by atoms with Crippen molar-refractivity contribution in [3.05, 3.63) is 63.7 Å². The first-order valence-electron chi connectivity index (χ1n) is 7.47. The fourth-order valence-corrected chi connectivity index (χ4v) is 2.14. The van der Waals surface area contributed by atoms with Crippen LogP contribution in [0.15, 0.2) is 42.5 Å². The SMILES string of the molecule is CCOc1cc(/C=C/C(=O)c2ccc(OC)cc2)cc([N+](=O)[O-])c1O. The number of ketones is 1. The molecular formula is C18H17NO6. The number of ether oxygens (including phenoxy) is 2. The molecule has 0 amide bonds. The van der Waals surface area contributed by atoms with E-state index in [2.05, 4.69) is 0 Å². The highest BCUT2D eigenvalue weighted by atomic mass is 16.6. The first-order chi connectivity index (χ1) is 12.0. The fourth-order valence-electron chi connectivity index (χ4n) is 2.14. The lowest BCUT2D eigenvalue weighted by atomic mass is 10.1. The molecule has 0 bridgehead atoms. The number of nitro groups is 1. The van der Waals surface area contributed by atoms with E-state index in [1.54, 1.807) is 31.2 Å². The van der Waals surface area contributed by atoms with Crippen LogP contribution in [0.2, 0.25) is 0 Å². The topological polar surface area (TPSA) is 98.9 Å². The van der Waals surface area contributed by atoms with Crippen molar-refractivity contribution in [2.45, 2.75) is 6.92 Å². The zero-order valence-electron chi connectivity index (χ0n) is 13.8. The zero-order valence-corrected chi connectivity index (χ0v) is 13.8. The van der Waals surface area contributed by atoms with Crippen molar-refractivity contribution in [3.63, 3.8) is 0 Å². The minimum absolute atomic E-state index is 0.00625. The molecule has 0 aromatic heterocycles. The maximum atomic E-state index is 12.2. The van der Waals surface area contributed by atoms with Gasteiger partial charge in [0.05, 0.1) is 18.6 Å². The fraction of sp³-hybridized carbons (Fsp3) is 0.167. The standard InChI is InChI=1S/C18H17NO6/c1-3-25-17-11-12(10-15(18(17)21)19(22)23)4-9-16(20)13-5-7-14(24-2)8-6-13/h4-11,21H,3H2,1-2H3/b9-4+. The number of carbonyl (C=O) groups is 1. The number of allylic oxidation sites excluding steroid dienone is 1. The molecule has 7 nitrogen and oxygen atoms in total. The monoisotopic (exact) mass is 343 g/mol. The summed E-state index contributed by atoms with van der Waals surface area (Å²) in [7, 11) is 1.53. The third-order valence-corrected chi connectivity index (χ3v) is 3.38. The van der Waals surface area contributed by atoms with Crippen molar-refractivity contribution in [1.29, 1.82) is 0 Å². The number of hydrogen-bond donors (Lipinski definition) is 1. The van der Waals surface area contributed by atoms with Crippen molar-refractivity contribution in [2.75, 3.05) is 13.7 Å². The van der Waals surface area contributed by atoms with Crippen LogP contribution in [0.25, 0.3) is 6.08 Å². The Morgan fingerprint density at radius 3 is 2.52 bits per heavy atom. The number of nitro benzene ring substituents is 1. The Morgan fingerprint density at radius 1 is 1.28 bits per heavy atom. The van der Waals surface area contributed by atoms with E-state index in [-0.39, 0.29) is 18.1 Å². The zero-order chi connectivity index (χ0) is 18.4. The number of phenols is 1. The number of benzene rings is 2. The van der Waals surface area contributed by atoms with Gasteiger partial charge in [-0.1, -0.05) is 6.08 Å². The van der Waals surface area contributed by atoms with Crippen LogP contribution < -0.4 is 9.47 Å². The van der Waals surface area contributed by atoms with Gasteiger partial charge in [-0.05, 0) is 48.9 Å². The van der Waals surface area contributed by atoms with E-state index in [1.165, 1.54) is 31.4 Å². The number of nitrogens with zero attached hydrogens (tertiary/aromatic N) is 1. The Hall–Kier alpha value is -3.35. The second-order valence-electron chi connectivity index (χ2n) is 5.00. The molecule has 0 aliphatic rings. The molecule has 7 heteroatoms. The Labute approximate surface area is 144 Å². The summed E-state index contributed by atoms with van der Waals surface area (Å²) in [5, 5.41) is 20.9. The molecule has 0 atom stereocenters. The molecule has 25 heavy (non-hydrogen) atoms. The van der Waals surface area contributed by atoms with Gasteiger partial charge in [-0.15, -0.1) is 0 Å². The summed E-state index contributed by atoms with van der Waals surface area (Å²) in [4.78, 5) is 22.5. The predicted octanol–water partition coefficient (Wildman–Crippen LogP) is 3.60. The van der Waals surface area contributed by atoms with Crippen molar-refractivity contribution in [2.24, 2.45) is 0 Å². The Bertz CT molecular complexity index is 811. The Balaban J connectivity index is 2.29. The van der Waals surface area contributed by atoms with Gasteiger partial charge in [-0.25, -0.2) is 0 Å². The highest BCUT2D eigenvalue weighted by molar-refractivity contribution is 6.06. The van der Waals surface area contributed by atoms with Crippen molar-refractivity contribution in [3.8, 4) is 17.2 Å². The summed E-state index contributed by atoms with van der Waals surface area (Å²) in [6.07, 6.45) is 2.73. The third-order valence-electron chi connectivity index (χ3n) is 3.38. The molecule has 2 aromatic rings. The van der Waals surface area contributed by atoms with E-state index < -0.39 is 16.4 Å². The van der Waals surface area contributed by atoms with E-state index in [0.717, 1.165) is 0 Å². The molecule has 0 spiro atoms. The summed E-state index contributed by atoms with van der Waals surface area (Å²) in [6, 6.07) is 9.19. The Morgan fingerprint density at radius 2 is 1.96 bits per heavy atom. The molecule has 0 radical (unpaired) electrons. The summed E-state index contributed by atoms with van der Waals surface area (Å²) in [5.41, 5.74) is 0.340. The van der Waals surface area contributed by atoms with Gasteiger partial charge in [0, 0.05) is 11.6 Å². The van der Waals surface area contributed by atoms with Crippen molar-refractivity contribution >= 4 is 17.5 Å². The van der Waals surface area contributed by atoms with Crippen LogP contribution >= 0.6 is 0 Å². The molecular weight excluding hydrogens is 326 g/mol. The lowest BCUT2D eigenvalue weighted by Gasteiger charge is -2.07. The van der Waals surface area contributed by atoms with Crippen LogP contribution in [0.1, 0.15) is 22.8 Å². The van der Waals surface area contributed by atoms with E-state index in [0.29, 0.717) is 16.9 Å². The smallest absolute Gasteiger partial charge is 0.315 e. The molecule has 0 aliphatic heterocycles. The number of aromatic hydroxyl groups is 1. The summed E-state index contributed by atoms with van der Waals surface area (Å²) < 4.78 is 10.2. The highest BCUT2D eigenvalue weighted by Crippen LogP contribution is 2.37. The van der Waals surface area contributed by atoms with Crippen LogP contribution in [0.3, 0.4) is 0 Å². The van der Waals surface area contributed by atoms with Crippen molar-refractivity contribution < 1.29 is 24.3 Å². The lowest BCUT2D eigenvalue weighted by Crippen LogP contribution is -1.97. The minimum Gasteiger partial charge on any atom is -0.500 e. The van der Waals surface area contributed by atoms with E-state index in [1.807, 2.05) is 0 Å². The first kappa shape index (κ1) is 18.0. The van der Waals surface area contributed by atoms with Crippen LogP contribution in [0.5, 0.6) is 17.2 Å². The van der Waals surface area contributed by atoms with Gasteiger partial charge in [-0.2, -0.15) is 0 Å². The predicted molar refractivity (Wildman–Crippen MR) is 92.3 cm³/mol. The molecule has 0 unspecified atom stereocenters. The third kappa shape index (κ3) is 4.35. The number of hydrogen-bond acceptors (Lipinski definition) is 6. The van der Waals surface area contributed by atoms with Crippen molar-refractivity contribution in [1.82, 2.24) is 0 Å². The second kappa shape index (κ2) is 7.96. The molecule has 2 aromatic carbocycles. The quantitative estimate of drug-likeness (QED) is 0.357. The molecule has 0 aliphatic carbocycles. The Kier molecular flexibility index (Phi) is 5.73. The second-order valence-corrected chi connectivity index (χ2v) is 5.00. The van der Waals surface area contributed by atoms with Gasteiger partial charge < -0.3 is 14.6 Å². The van der Waals surface area contributed by atoms with Crippen LogP contribution in [-0.2, 0) is 0 Å². The van der Waals surface area contributed by atoms with Crippen LogP contribution in [0.4, 0.5) is 5.69 Å². The van der Waals surface area contributed by atoms with Crippen LogP contribution in [0, 0.1) is 10.1 Å². The summed E-state index contributed by atoms with van der Waals surface area (Å²) in [5.74, 6) is -0.175. The summed E-state index contributed by atoms with van der Waals surface area (Å²) >= 11 is 0.